The molecule has 1 aliphatic rings. The van der Waals surface area contributed by atoms with E-state index in [4.69, 9.17) is 0 Å². The van der Waals surface area contributed by atoms with E-state index in [1.165, 1.54) is 5.56 Å². The SMILES string of the molecule is Cc1nn(C)c2ncc(CNC3CC(O)C3)cc12. The number of aliphatic hydroxyl groups is 1. The van der Waals surface area contributed by atoms with Crippen molar-refractivity contribution in [1.29, 1.82) is 0 Å². The lowest BCUT2D eigenvalue weighted by Gasteiger charge is -2.32. The summed E-state index contributed by atoms with van der Waals surface area (Å²) in [4.78, 5) is 4.45. The fraction of sp³-hybridized carbons (Fsp3) is 0.538. The van der Waals surface area contributed by atoms with E-state index in [2.05, 4.69) is 21.5 Å². The van der Waals surface area contributed by atoms with Gasteiger partial charge in [0.15, 0.2) is 5.65 Å². The zero-order valence-electron chi connectivity index (χ0n) is 10.7. The fourth-order valence-corrected chi connectivity index (χ4v) is 2.46. The molecule has 2 aromatic rings. The van der Waals surface area contributed by atoms with Gasteiger partial charge in [-0.2, -0.15) is 5.10 Å². The maximum Gasteiger partial charge on any atom is 0.157 e. The van der Waals surface area contributed by atoms with Gasteiger partial charge in [0.1, 0.15) is 0 Å². The molecule has 5 nitrogen and oxygen atoms in total. The molecule has 5 heteroatoms. The molecule has 96 valence electrons. The summed E-state index contributed by atoms with van der Waals surface area (Å²) in [6, 6.07) is 2.60. The summed E-state index contributed by atoms with van der Waals surface area (Å²) in [7, 11) is 1.91. The molecule has 0 saturated heterocycles. The highest BCUT2D eigenvalue weighted by atomic mass is 16.3. The number of fused-ring (bicyclic) bond motifs is 1. The summed E-state index contributed by atoms with van der Waals surface area (Å²) in [5.41, 5.74) is 3.11. The number of rotatable bonds is 3. The van der Waals surface area contributed by atoms with E-state index in [0.717, 1.165) is 36.1 Å². The topological polar surface area (TPSA) is 63.0 Å². The van der Waals surface area contributed by atoms with Gasteiger partial charge in [0.05, 0.1) is 11.8 Å². The van der Waals surface area contributed by atoms with Crippen molar-refractivity contribution < 1.29 is 5.11 Å². The van der Waals surface area contributed by atoms with Crippen LogP contribution in [-0.2, 0) is 13.6 Å². The largest absolute Gasteiger partial charge is 0.393 e. The van der Waals surface area contributed by atoms with E-state index in [1.807, 2.05) is 24.9 Å². The van der Waals surface area contributed by atoms with E-state index < -0.39 is 0 Å². The summed E-state index contributed by atoms with van der Waals surface area (Å²) in [6.45, 7) is 2.80. The molecular formula is C13H18N4O. The van der Waals surface area contributed by atoms with Gasteiger partial charge in [-0.1, -0.05) is 0 Å². The molecule has 0 amide bonds. The number of hydrogen-bond donors (Lipinski definition) is 2. The maximum absolute atomic E-state index is 9.23. The van der Waals surface area contributed by atoms with Crippen LogP contribution in [0, 0.1) is 6.92 Å². The van der Waals surface area contributed by atoms with Crippen LogP contribution >= 0.6 is 0 Å². The summed E-state index contributed by atoms with van der Waals surface area (Å²) in [5, 5.41) is 18.1. The van der Waals surface area contributed by atoms with Crippen LogP contribution in [0.3, 0.4) is 0 Å². The maximum atomic E-state index is 9.23. The van der Waals surface area contributed by atoms with Crippen LogP contribution in [0.15, 0.2) is 12.3 Å². The van der Waals surface area contributed by atoms with Gasteiger partial charge in [0, 0.05) is 31.2 Å². The van der Waals surface area contributed by atoms with E-state index >= 15 is 0 Å². The van der Waals surface area contributed by atoms with Crippen LogP contribution in [0.1, 0.15) is 24.1 Å². The Kier molecular flexibility index (Phi) is 2.80. The Morgan fingerprint density at radius 2 is 2.28 bits per heavy atom. The van der Waals surface area contributed by atoms with E-state index in [1.54, 1.807) is 0 Å². The van der Waals surface area contributed by atoms with E-state index in [9.17, 15) is 5.11 Å². The number of aryl methyl sites for hydroxylation is 2. The number of nitrogens with one attached hydrogen (secondary N) is 1. The molecule has 0 radical (unpaired) electrons. The standard InChI is InChI=1S/C13H18N4O/c1-8-12-3-9(6-14-10-4-11(18)5-10)7-15-13(12)17(2)16-8/h3,7,10-11,14,18H,4-6H2,1-2H3. The lowest BCUT2D eigenvalue weighted by molar-refractivity contribution is 0.0619. The molecule has 0 atom stereocenters. The van der Waals surface area contributed by atoms with Crippen LogP contribution in [0.2, 0.25) is 0 Å². The molecule has 0 unspecified atom stereocenters. The molecule has 18 heavy (non-hydrogen) atoms. The lowest BCUT2D eigenvalue weighted by Crippen LogP contribution is -2.43. The van der Waals surface area contributed by atoms with Gasteiger partial charge < -0.3 is 10.4 Å². The van der Waals surface area contributed by atoms with Crippen LogP contribution in [0.25, 0.3) is 11.0 Å². The second-order valence-corrected chi connectivity index (χ2v) is 5.13. The van der Waals surface area contributed by atoms with Gasteiger partial charge in [-0.25, -0.2) is 4.98 Å². The third kappa shape index (κ3) is 2.00. The first kappa shape index (κ1) is 11.6. The average molecular weight is 246 g/mol. The van der Waals surface area contributed by atoms with Crippen molar-refractivity contribution >= 4 is 11.0 Å². The van der Waals surface area contributed by atoms with Crippen molar-refractivity contribution in [3.8, 4) is 0 Å². The van der Waals surface area contributed by atoms with E-state index in [0.29, 0.717) is 6.04 Å². The molecule has 2 aromatic heterocycles. The van der Waals surface area contributed by atoms with E-state index in [-0.39, 0.29) is 6.10 Å². The highest BCUT2D eigenvalue weighted by Gasteiger charge is 2.26. The second-order valence-electron chi connectivity index (χ2n) is 5.13. The van der Waals surface area contributed by atoms with Gasteiger partial charge in [0.2, 0.25) is 0 Å². The minimum absolute atomic E-state index is 0.108. The Morgan fingerprint density at radius 3 is 3.00 bits per heavy atom. The van der Waals surface area contributed by atoms with Gasteiger partial charge >= 0.3 is 0 Å². The molecule has 3 rings (SSSR count). The quantitative estimate of drug-likeness (QED) is 0.844. The van der Waals surface area contributed by atoms with Crippen molar-refractivity contribution in [2.24, 2.45) is 7.05 Å². The number of pyridine rings is 1. The summed E-state index contributed by atoms with van der Waals surface area (Å²) in [6.07, 6.45) is 3.51. The highest BCUT2D eigenvalue weighted by molar-refractivity contribution is 5.78. The first-order chi connectivity index (χ1) is 8.63. The van der Waals surface area contributed by atoms with Gasteiger partial charge in [-0.15, -0.1) is 0 Å². The molecule has 0 spiro atoms. The first-order valence-corrected chi connectivity index (χ1v) is 6.33. The Balaban J connectivity index is 1.74. The molecule has 1 aliphatic carbocycles. The molecule has 0 aromatic carbocycles. The smallest absolute Gasteiger partial charge is 0.157 e. The molecule has 2 heterocycles. The summed E-state index contributed by atoms with van der Waals surface area (Å²) in [5.74, 6) is 0. The van der Waals surface area contributed by atoms with Crippen molar-refractivity contribution in [3.05, 3.63) is 23.5 Å². The predicted octanol–water partition coefficient (Wildman–Crippen LogP) is 0.890. The van der Waals surface area contributed by atoms with Gasteiger partial charge in [-0.05, 0) is 31.4 Å². The lowest BCUT2D eigenvalue weighted by atomic mass is 9.89. The highest BCUT2D eigenvalue weighted by Crippen LogP contribution is 2.20. The van der Waals surface area contributed by atoms with Crippen LogP contribution < -0.4 is 5.32 Å². The molecule has 2 N–H and O–H groups in total. The minimum atomic E-state index is -0.108. The number of aromatic nitrogens is 3. The van der Waals surface area contributed by atoms with Crippen molar-refractivity contribution in [1.82, 2.24) is 20.1 Å². The van der Waals surface area contributed by atoms with Crippen molar-refractivity contribution in [2.45, 2.75) is 38.5 Å². The molecule has 0 aliphatic heterocycles. The van der Waals surface area contributed by atoms with Gasteiger partial charge in [0.25, 0.3) is 0 Å². The first-order valence-electron chi connectivity index (χ1n) is 6.33. The minimum Gasteiger partial charge on any atom is -0.393 e. The van der Waals surface area contributed by atoms with Crippen molar-refractivity contribution in [2.75, 3.05) is 0 Å². The zero-order chi connectivity index (χ0) is 12.7. The van der Waals surface area contributed by atoms with Crippen LogP contribution in [-0.4, -0.2) is 32.0 Å². The van der Waals surface area contributed by atoms with Crippen molar-refractivity contribution in [3.63, 3.8) is 0 Å². The average Bonchev–Trinajstić information content (AvgIpc) is 2.59. The Morgan fingerprint density at radius 1 is 1.50 bits per heavy atom. The van der Waals surface area contributed by atoms with Crippen LogP contribution in [0.4, 0.5) is 0 Å². The Hall–Kier alpha value is -1.46. The number of nitrogens with zero attached hydrogens (tertiary/aromatic N) is 3. The Labute approximate surface area is 106 Å². The molecule has 1 fully saturated rings. The summed E-state index contributed by atoms with van der Waals surface area (Å²) < 4.78 is 1.81. The van der Waals surface area contributed by atoms with Gasteiger partial charge in [-0.3, -0.25) is 4.68 Å². The summed E-state index contributed by atoms with van der Waals surface area (Å²) >= 11 is 0. The third-order valence-corrected chi connectivity index (χ3v) is 3.63. The molecule has 0 bridgehead atoms. The Bertz CT molecular complexity index is 572. The normalized spacial score (nSPS) is 23.3. The molecule has 1 saturated carbocycles. The fourth-order valence-electron chi connectivity index (χ4n) is 2.46. The predicted molar refractivity (Wildman–Crippen MR) is 69.1 cm³/mol. The third-order valence-electron chi connectivity index (χ3n) is 3.63. The zero-order valence-corrected chi connectivity index (χ0v) is 10.7. The second kappa shape index (κ2) is 4.33. The molecular weight excluding hydrogens is 228 g/mol. The number of hydrogen-bond acceptors (Lipinski definition) is 4. The monoisotopic (exact) mass is 246 g/mol. The van der Waals surface area contributed by atoms with Crippen LogP contribution in [0.5, 0.6) is 0 Å². The number of aliphatic hydroxyl groups excluding tert-OH is 1.